The van der Waals surface area contributed by atoms with Gasteiger partial charge in [0.25, 0.3) is 0 Å². The molecule has 2 rings (SSSR count). The van der Waals surface area contributed by atoms with Crippen LogP contribution in [0.3, 0.4) is 0 Å². The van der Waals surface area contributed by atoms with Crippen molar-refractivity contribution < 1.29 is 9.47 Å². The molecule has 0 saturated heterocycles. The first kappa shape index (κ1) is 14.3. The maximum atomic E-state index is 5.28. The van der Waals surface area contributed by atoms with E-state index in [0.29, 0.717) is 0 Å². The van der Waals surface area contributed by atoms with E-state index in [1.807, 2.05) is 32.0 Å². The Labute approximate surface area is 122 Å². The summed E-state index contributed by atoms with van der Waals surface area (Å²) in [5.74, 6) is 1.50. The Morgan fingerprint density at radius 3 is 2.65 bits per heavy atom. The van der Waals surface area contributed by atoms with Gasteiger partial charge in [0.15, 0.2) is 0 Å². The van der Waals surface area contributed by atoms with Crippen LogP contribution in [0.4, 0.5) is 5.13 Å². The minimum atomic E-state index is 0.739. The third-order valence-corrected chi connectivity index (χ3v) is 3.81. The lowest BCUT2D eigenvalue weighted by Crippen LogP contribution is -1.95. The zero-order chi connectivity index (χ0) is 14.5. The SMILES string of the molecule is COc1ccc(OC)c(/C=N\Nc2nc(C)c(C)s2)c1. The molecule has 0 saturated carbocycles. The lowest BCUT2D eigenvalue weighted by molar-refractivity contribution is 0.402. The fourth-order valence-electron chi connectivity index (χ4n) is 1.62. The quantitative estimate of drug-likeness (QED) is 0.679. The molecule has 0 spiro atoms. The van der Waals surface area contributed by atoms with Gasteiger partial charge in [-0.05, 0) is 32.0 Å². The van der Waals surface area contributed by atoms with E-state index in [0.717, 1.165) is 27.9 Å². The predicted octanol–water partition coefficient (Wildman–Crippen LogP) is 3.22. The average Bonchev–Trinajstić information content (AvgIpc) is 2.77. The maximum Gasteiger partial charge on any atom is 0.203 e. The number of rotatable bonds is 5. The van der Waals surface area contributed by atoms with Gasteiger partial charge in [-0.1, -0.05) is 0 Å². The largest absolute Gasteiger partial charge is 0.497 e. The van der Waals surface area contributed by atoms with Crippen LogP contribution in [0.25, 0.3) is 0 Å². The van der Waals surface area contributed by atoms with Crippen LogP contribution in [0.15, 0.2) is 23.3 Å². The van der Waals surface area contributed by atoms with Crippen LogP contribution < -0.4 is 14.9 Å². The van der Waals surface area contributed by atoms with Crippen molar-refractivity contribution in [3.8, 4) is 11.5 Å². The Morgan fingerprint density at radius 2 is 2.05 bits per heavy atom. The van der Waals surface area contributed by atoms with Gasteiger partial charge >= 0.3 is 0 Å². The Bertz CT molecular complexity index is 603. The van der Waals surface area contributed by atoms with Crippen molar-refractivity contribution in [3.63, 3.8) is 0 Å². The number of ether oxygens (including phenoxy) is 2. The van der Waals surface area contributed by atoms with Gasteiger partial charge in [0.1, 0.15) is 11.5 Å². The molecule has 6 heteroatoms. The molecule has 2 aromatic rings. The molecule has 0 unspecified atom stereocenters. The number of hydrogen-bond acceptors (Lipinski definition) is 6. The van der Waals surface area contributed by atoms with Crippen molar-refractivity contribution in [3.05, 3.63) is 34.3 Å². The summed E-state index contributed by atoms with van der Waals surface area (Å²) in [6.45, 7) is 4.01. The van der Waals surface area contributed by atoms with Crippen molar-refractivity contribution in [1.29, 1.82) is 0 Å². The number of thiazole rings is 1. The Hall–Kier alpha value is -2.08. The van der Waals surface area contributed by atoms with E-state index in [1.165, 1.54) is 4.88 Å². The lowest BCUT2D eigenvalue weighted by atomic mass is 10.2. The molecule has 106 valence electrons. The van der Waals surface area contributed by atoms with Crippen LogP contribution in [0, 0.1) is 13.8 Å². The number of anilines is 1. The van der Waals surface area contributed by atoms with Gasteiger partial charge in [-0.15, -0.1) is 11.3 Å². The Morgan fingerprint density at radius 1 is 1.25 bits per heavy atom. The van der Waals surface area contributed by atoms with Crippen molar-refractivity contribution in [1.82, 2.24) is 4.98 Å². The highest BCUT2D eigenvalue weighted by atomic mass is 32.1. The van der Waals surface area contributed by atoms with Gasteiger partial charge in [-0.25, -0.2) is 4.98 Å². The lowest BCUT2D eigenvalue weighted by Gasteiger charge is -2.06. The van der Waals surface area contributed by atoms with Crippen molar-refractivity contribution in [2.24, 2.45) is 5.10 Å². The number of nitrogens with one attached hydrogen (secondary N) is 1. The third kappa shape index (κ3) is 3.27. The van der Waals surface area contributed by atoms with Crippen molar-refractivity contribution in [2.75, 3.05) is 19.6 Å². The standard InChI is InChI=1S/C14H17N3O2S/c1-9-10(2)20-14(16-9)17-15-8-11-7-12(18-3)5-6-13(11)19-4/h5-8H,1-4H3,(H,16,17)/b15-8-. The zero-order valence-corrected chi connectivity index (χ0v) is 12.7. The highest BCUT2D eigenvalue weighted by Gasteiger charge is 2.04. The summed E-state index contributed by atoms with van der Waals surface area (Å²) in [4.78, 5) is 5.54. The highest BCUT2D eigenvalue weighted by molar-refractivity contribution is 7.15. The van der Waals surface area contributed by atoms with Gasteiger partial charge < -0.3 is 9.47 Å². The van der Waals surface area contributed by atoms with Crippen LogP contribution in [-0.4, -0.2) is 25.4 Å². The molecular weight excluding hydrogens is 274 g/mol. The predicted molar refractivity (Wildman–Crippen MR) is 82.4 cm³/mol. The second kappa shape index (κ2) is 6.38. The monoisotopic (exact) mass is 291 g/mol. The molecule has 20 heavy (non-hydrogen) atoms. The molecule has 1 N–H and O–H groups in total. The van der Waals surface area contributed by atoms with E-state index in [9.17, 15) is 0 Å². The molecule has 1 heterocycles. The molecule has 5 nitrogen and oxygen atoms in total. The number of hydrazone groups is 1. The van der Waals surface area contributed by atoms with Gasteiger partial charge in [-0.2, -0.15) is 5.10 Å². The maximum absolute atomic E-state index is 5.28. The summed E-state index contributed by atoms with van der Waals surface area (Å²) in [7, 11) is 3.25. The van der Waals surface area contributed by atoms with E-state index in [2.05, 4.69) is 15.5 Å². The molecule has 0 aliphatic carbocycles. The van der Waals surface area contributed by atoms with Gasteiger partial charge in [0, 0.05) is 10.4 Å². The summed E-state index contributed by atoms with van der Waals surface area (Å²) < 4.78 is 10.5. The first-order chi connectivity index (χ1) is 9.63. The second-order valence-corrected chi connectivity index (χ2v) is 5.34. The zero-order valence-electron chi connectivity index (χ0n) is 11.9. The molecule has 0 amide bonds. The Balaban J connectivity index is 2.14. The van der Waals surface area contributed by atoms with Crippen LogP contribution in [0.5, 0.6) is 11.5 Å². The molecule has 1 aromatic carbocycles. The fourth-order valence-corrected chi connectivity index (χ4v) is 2.38. The third-order valence-electron chi connectivity index (χ3n) is 2.83. The van der Waals surface area contributed by atoms with E-state index in [-0.39, 0.29) is 0 Å². The van der Waals surface area contributed by atoms with Crippen molar-refractivity contribution in [2.45, 2.75) is 13.8 Å². The summed E-state index contributed by atoms with van der Waals surface area (Å²) in [6, 6.07) is 5.55. The smallest absolute Gasteiger partial charge is 0.203 e. The van der Waals surface area contributed by atoms with Crippen LogP contribution in [0.2, 0.25) is 0 Å². The summed E-state index contributed by atoms with van der Waals surface area (Å²) in [5.41, 5.74) is 4.78. The van der Waals surface area contributed by atoms with E-state index in [4.69, 9.17) is 9.47 Å². The normalized spacial score (nSPS) is 10.8. The van der Waals surface area contributed by atoms with Gasteiger partial charge in [0.2, 0.25) is 5.13 Å². The number of methoxy groups -OCH3 is 2. The number of benzene rings is 1. The number of aryl methyl sites for hydroxylation is 2. The van der Waals surface area contributed by atoms with Crippen molar-refractivity contribution >= 4 is 22.7 Å². The van der Waals surface area contributed by atoms with Crippen LogP contribution in [0.1, 0.15) is 16.1 Å². The number of nitrogens with zero attached hydrogens (tertiary/aromatic N) is 2. The molecule has 0 bridgehead atoms. The molecule has 1 aromatic heterocycles. The average molecular weight is 291 g/mol. The topological polar surface area (TPSA) is 55.7 Å². The Kier molecular flexibility index (Phi) is 4.57. The minimum absolute atomic E-state index is 0.739. The van der Waals surface area contributed by atoms with Gasteiger partial charge in [0.05, 0.1) is 26.1 Å². The molecule has 0 radical (unpaired) electrons. The molecular formula is C14H17N3O2S. The van der Waals surface area contributed by atoms with E-state index in [1.54, 1.807) is 31.8 Å². The van der Waals surface area contributed by atoms with E-state index < -0.39 is 0 Å². The minimum Gasteiger partial charge on any atom is -0.497 e. The molecule has 0 aliphatic rings. The number of hydrogen-bond donors (Lipinski definition) is 1. The second-order valence-electron chi connectivity index (χ2n) is 4.14. The summed E-state index contributed by atoms with van der Waals surface area (Å²) in [6.07, 6.45) is 1.69. The summed E-state index contributed by atoms with van der Waals surface area (Å²) >= 11 is 1.58. The summed E-state index contributed by atoms with van der Waals surface area (Å²) in [5, 5.41) is 4.96. The van der Waals surface area contributed by atoms with E-state index >= 15 is 0 Å². The van der Waals surface area contributed by atoms with Crippen LogP contribution >= 0.6 is 11.3 Å². The highest BCUT2D eigenvalue weighted by Crippen LogP contribution is 2.23. The van der Waals surface area contributed by atoms with Gasteiger partial charge in [-0.3, -0.25) is 5.43 Å². The molecule has 0 fully saturated rings. The fraction of sp³-hybridized carbons (Fsp3) is 0.286. The molecule has 0 atom stereocenters. The first-order valence-electron chi connectivity index (χ1n) is 6.09. The number of aromatic nitrogens is 1. The molecule has 0 aliphatic heterocycles. The van der Waals surface area contributed by atoms with Crippen LogP contribution in [-0.2, 0) is 0 Å². The first-order valence-corrected chi connectivity index (χ1v) is 6.91.